The second-order valence-corrected chi connectivity index (χ2v) is 6.49. The molecule has 2 N–H and O–H groups in total. The van der Waals surface area contributed by atoms with E-state index in [0.29, 0.717) is 45.4 Å². The summed E-state index contributed by atoms with van der Waals surface area (Å²) in [4.78, 5) is 13.2. The summed E-state index contributed by atoms with van der Waals surface area (Å²) in [5, 5.41) is 0. The fourth-order valence-corrected chi connectivity index (χ4v) is 2.90. The lowest BCUT2D eigenvalue weighted by Crippen LogP contribution is -2.10. The zero-order valence-electron chi connectivity index (χ0n) is 17.2. The SMILES string of the molecule is COc1cc(C=C(C(=O)c2ccc(OC)c(N)c2)C(C)C)c(OC)c(OC)c1. The van der Waals surface area contributed by atoms with E-state index in [1.165, 1.54) is 7.11 Å². The fraction of sp³-hybridized carbons (Fsp3) is 0.318. The quantitative estimate of drug-likeness (QED) is 0.416. The predicted molar refractivity (Wildman–Crippen MR) is 111 cm³/mol. The van der Waals surface area contributed by atoms with Gasteiger partial charge in [-0.25, -0.2) is 0 Å². The average Bonchev–Trinajstić information content (AvgIpc) is 2.70. The Morgan fingerprint density at radius 3 is 2.11 bits per heavy atom. The van der Waals surface area contributed by atoms with Crippen LogP contribution in [0.5, 0.6) is 23.0 Å². The number of ether oxygens (including phenoxy) is 4. The molecular formula is C22H27NO5. The van der Waals surface area contributed by atoms with Crippen LogP contribution in [-0.2, 0) is 0 Å². The number of hydrogen-bond acceptors (Lipinski definition) is 6. The first kappa shape index (κ1) is 21.2. The molecule has 0 amide bonds. The number of allylic oxidation sites excluding steroid dienone is 1. The minimum atomic E-state index is -0.117. The van der Waals surface area contributed by atoms with E-state index in [9.17, 15) is 4.79 Å². The van der Waals surface area contributed by atoms with Crippen LogP contribution in [0.4, 0.5) is 5.69 Å². The molecule has 0 radical (unpaired) electrons. The van der Waals surface area contributed by atoms with E-state index in [-0.39, 0.29) is 11.7 Å². The van der Waals surface area contributed by atoms with Crippen molar-refractivity contribution in [1.82, 2.24) is 0 Å². The summed E-state index contributed by atoms with van der Waals surface area (Å²) >= 11 is 0. The first-order valence-electron chi connectivity index (χ1n) is 8.86. The molecule has 0 aliphatic carbocycles. The van der Waals surface area contributed by atoms with E-state index in [2.05, 4.69) is 0 Å². The molecule has 0 saturated carbocycles. The van der Waals surface area contributed by atoms with Crippen molar-refractivity contribution in [2.45, 2.75) is 13.8 Å². The van der Waals surface area contributed by atoms with Gasteiger partial charge in [0, 0.05) is 22.8 Å². The van der Waals surface area contributed by atoms with Crippen LogP contribution >= 0.6 is 0 Å². The monoisotopic (exact) mass is 385 g/mol. The minimum absolute atomic E-state index is 0.0299. The highest BCUT2D eigenvalue weighted by atomic mass is 16.5. The Morgan fingerprint density at radius 2 is 1.61 bits per heavy atom. The summed E-state index contributed by atoms with van der Waals surface area (Å²) in [7, 11) is 6.22. The number of rotatable bonds is 8. The summed E-state index contributed by atoms with van der Waals surface area (Å²) in [5.74, 6) is 2.05. The van der Waals surface area contributed by atoms with Crippen LogP contribution in [0.25, 0.3) is 6.08 Å². The van der Waals surface area contributed by atoms with E-state index in [4.69, 9.17) is 24.7 Å². The number of hydrogen-bond donors (Lipinski definition) is 1. The van der Waals surface area contributed by atoms with Gasteiger partial charge in [-0.2, -0.15) is 0 Å². The molecule has 28 heavy (non-hydrogen) atoms. The summed E-state index contributed by atoms with van der Waals surface area (Å²) in [5.41, 5.74) is 8.18. The highest BCUT2D eigenvalue weighted by molar-refractivity contribution is 6.12. The van der Waals surface area contributed by atoms with Gasteiger partial charge in [-0.3, -0.25) is 4.79 Å². The number of benzene rings is 2. The van der Waals surface area contributed by atoms with Crippen molar-refractivity contribution in [1.29, 1.82) is 0 Å². The number of ketones is 1. The smallest absolute Gasteiger partial charge is 0.189 e. The molecule has 0 spiro atoms. The van der Waals surface area contributed by atoms with Crippen molar-refractivity contribution in [3.63, 3.8) is 0 Å². The lowest BCUT2D eigenvalue weighted by Gasteiger charge is -2.16. The molecule has 0 unspecified atom stereocenters. The van der Waals surface area contributed by atoms with Crippen LogP contribution in [-0.4, -0.2) is 34.2 Å². The van der Waals surface area contributed by atoms with Gasteiger partial charge >= 0.3 is 0 Å². The fourth-order valence-electron chi connectivity index (χ4n) is 2.90. The maximum Gasteiger partial charge on any atom is 0.189 e. The van der Waals surface area contributed by atoms with Crippen molar-refractivity contribution < 1.29 is 23.7 Å². The summed E-state index contributed by atoms with van der Waals surface area (Å²) in [6.45, 7) is 3.92. The topological polar surface area (TPSA) is 80.0 Å². The van der Waals surface area contributed by atoms with Crippen molar-refractivity contribution >= 4 is 17.5 Å². The molecule has 0 aliphatic heterocycles. The van der Waals surface area contributed by atoms with E-state index in [1.54, 1.807) is 57.7 Å². The maximum absolute atomic E-state index is 13.2. The summed E-state index contributed by atoms with van der Waals surface area (Å²) in [6, 6.07) is 8.56. The number of Topliss-reactive ketones (excluding diaryl/α,β-unsaturated/α-hetero) is 1. The van der Waals surface area contributed by atoms with Crippen molar-refractivity contribution in [2.75, 3.05) is 34.2 Å². The predicted octanol–water partition coefficient (Wildman–Crippen LogP) is 4.23. The van der Waals surface area contributed by atoms with Gasteiger partial charge in [0.25, 0.3) is 0 Å². The molecule has 150 valence electrons. The Labute approximate surface area is 165 Å². The van der Waals surface area contributed by atoms with Gasteiger partial charge in [0.1, 0.15) is 11.5 Å². The minimum Gasteiger partial charge on any atom is -0.497 e. The molecule has 0 aromatic heterocycles. The first-order chi connectivity index (χ1) is 13.4. The van der Waals surface area contributed by atoms with E-state index in [1.807, 2.05) is 13.8 Å². The molecule has 0 atom stereocenters. The second kappa shape index (κ2) is 9.17. The normalized spacial score (nSPS) is 11.3. The van der Waals surface area contributed by atoms with Crippen LogP contribution < -0.4 is 24.7 Å². The highest BCUT2D eigenvalue weighted by Gasteiger charge is 2.19. The zero-order chi connectivity index (χ0) is 20.8. The standard InChI is InChI=1S/C22H27NO5/c1-13(2)17(21(24)14-7-8-19(26-4)18(23)11-14)10-15-9-16(25-3)12-20(27-5)22(15)28-6/h7-13H,23H2,1-6H3. The van der Waals surface area contributed by atoms with E-state index in [0.717, 1.165) is 0 Å². The second-order valence-electron chi connectivity index (χ2n) is 6.49. The van der Waals surface area contributed by atoms with Crippen LogP contribution in [0.3, 0.4) is 0 Å². The molecule has 2 rings (SSSR count). The number of nitrogens with two attached hydrogens (primary N) is 1. The molecule has 0 fully saturated rings. The van der Waals surface area contributed by atoms with Gasteiger partial charge < -0.3 is 24.7 Å². The molecule has 6 nitrogen and oxygen atoms in total. The van der Waals surface area contributed by atoms with E-state index < -0.39 is 0 Å². The largest absolute Gasteiger partial charge is 0.497 e. The van der Waals surface area contributed by atoms with Crippen LogP contribution in [0.2, 0.25) is 0 Å². The summed E-state index contributed by atoms with van der Waals surface area (Å²) in [6.07, 6.45) is 1.80. The van der Waals surface area contributed by atoms with Gasteiger partial charge in [0.2, 0.25) is 0 Å². The molecular weight excluding hydrogens is 358 g/mol. The van der Waals surface area contributed by atoms with Gasteiger partial charge in [0.05, 0.1) is 34.1 Å². The maximum atomic E-state index is 13.2. The molecule has 0 heterocycles. The number of anilines is 1. The van der Waals surface area contributed by atoms with E-state index >= 15 is 0 Å². The van der Waals surface area contributed by atoms with Crippen molar-refractivity contribution in [3.8, 4) is 23.0 Å². The molecule has 0 saturated heterocycles. The molecule has 2 aromatic rings. The zero-order valence-corrected chi connectivity index (χ0v) is 17.2. The van der Waals surface area contributed by atoms with Gasteiger partial charge in [-0.15, -0.1) is 0 Å². The molecule has 2 aromatic carbocycles. The number of carbonyl (C=O) groups is 1. The summed E-state index contributed by atoms with van der Waals surface area (Å²) < 4.78 is 21.4. The Bertz CT molecular complexity index is 887. The first-order valence-corrected chi connectivity index (χ1v) is 8.86. The van der Waals surface area contributed by atoms with Gasteiger partial charge in [0.15, 0.2) is 17.3 Å². The lowest BCUT2D eigenvalue weighted by atomic mass is 9.92. The van der Waals surface area contributed by atoms with Crippen LogP contribution in [0.15, 0.2) is 35.9 Å². The Hall–Kier alpha value is -3.15. The third-order valence-corrected chi connectivity index (χ3v) is 4.40. The molecule has 0 aliphatic rings. The number of carbonyl (C=O) groups excluding carboxylic acids is 1. The third kappa shape index (κ3) is 4.39. The van der Waals surface area contributed by atoms with Gasteiger partial charge in [-0.1, -0.05) is 13.8 Å². The van der Waals surface area contributed by atoms with Crippen LogP contribution in [0.1, 0.15) is 29.8 Å². The average molecular weight is 385 g/mol. The van der Waals surface area contributed by atoms with Crippen molar-refractivity contribution in [2.24, 2.45) is 5.92 Å². The van der Waals surface area contributed by atoms with Crippen LogP contribution in [0, 0.1) is 5.92 Å². The lowest BCUT2D eigenvalue weighted by molar-refractivity contribution is 0.102. The third-order valence-electron chi connectivity index (χ3n) is 4.40. The number of methoxy groups -OCH3 is 4. The van der Waals surface area contributed by atoms with Crippen molar-refractivity contribution in [3.05, 3.63) is 47.0 Å². The highest BCUT2D eigenvalue weighted by Crippen LogP contribution is 2.38. The Balaban J connectivity index is 2.59. The Morgan fingerprint density at radius 1 is 0.929 bits per heavy atom. The molecule has 0 bridgehead atoms. The molecule has 6 heteroatoms. The van der Waals surface area contributed by atoms with Gasteiger partial charge in [-0.05, 0) is 36.3 Å². The number of nitrogen functional groups attached to an aromatic ring is 1. The Kier molecular flexibility index (Phi) is 6.93.